The summed E-state index contributed by atoms with van der Waals surface area (Å²) in [6.45, 7) is 1.81. The quantitative estimate of drug-likeness (QED) is 0.838. The lowest BCUT2D eigenvalue weighted by Crippen LogP contribution is -2.46. The predicted molar refractivity (Wildman–Crippen MR) is 77.4 cm³/mol. The van der Waals surface area contributed by atoms with E-state index in [0.29, 0.717) is 0 Å². The van der Waals surface area contributed by atoms with Crippen LogP contribution >= 0.6 is 12.4 Å². The Kier molecular flexibility index (Phi) is 6.65. The van der Waals surface area contributed by atoms with E-state index in [0.717, 1.165) is 31.6 Å². The van der Waals surface area contributed by atoms with Crippen LogP contribution < -0.4 is 10.6 Å². The second-order valence-corrected chi connectivity index (χ2v) is 6.01. The van der Waals surface area contributed by atoms with E-state index >= 15 is 0 Å². The van der Waals surface area contributed by atoms with Gasteiger partial charge in [0.25, 0.3) is 5.92 Å². The molecule has 0 aromatic heterocycles. The summed E-state index contributed by atoms with van der Waals surface area (Å²) in [6, 6.07) is -0.542. The van der Waals surface area contributed by atoms with E-state index in [9.17, 15) is 13.6 Å². The highest BCUT2D eigenvalue weighted by atomic mass is 35.5. The Morgan fingerprint density at radius 2 is 1.95 bits per heavy atom. The highest BCUT2D eigenvalue weighted by molar-refractivity contribution is 5.85. The number of rotatable bonds is 4. The van der Waals surface area contributed by atoms with Crippen LogP contribution in [0.4, 0.5) is 8.78 Å². The number of amides is 1. The Morgan fingerprint density at radius 1 is 1.30 bits per heavy atom. The fraction of sp³-hybridized carbons (Fsp3) is 0.929. The lowest BCUT2D eigenvalue weighted by atomic mass is 9.83. The lowest BCUT2D eigenvalue weighted by Gasteiger charge is -2.29. The fourth-order valence-electron chi connectivity index (χ4n) is 3.21. The first-order chi connectivity index (χ1) is 9.00. The van der Waals surface area contributed by atoms with E-state index in [4.69, 9.17) is 0 Å². The van der Waals surface area contributed by atoms with Crippen LogP contribution in [-0.2, 0) is 4.79 Å². The van der Waals surface area contributed by atoms with Gasteiger partial charge in [0.05, 0.1) is 12.6 Å². The van der Waals surface area contributed by atoms with Gasteiger partial charge in [0.1, 0.15) is 0 Å². The molecule has 0 bridgehead atoms. The summed E-state index contributed by atoms with van der Waals surface area (Å²) in [7, 11) is 0. The van der Waals surface area contributed by atoms with Crippen molar-refractivity contribution in [2.75, 3.05) is 6.54 Å². The summed E-state index contributed by atoms with van der Waals surface area (Å²) >= 11 is 0. The number of alkyl halides is 2. The maximum atomic E-state index is 13.0. The first-order valence-electron chi connectivity index (χ1n) is 7.42. The number of carbonyl (C=O) groups is 1. The molecule has 2 N–H and O–H groups in total. The van der Waals surface area contributed by atoms with Crippen molar-refractivity contribution >= 4 is 18.3 Å². The molecule has 3 nitrogen and oxygen atoms in total. The van der Waals surface area contributed by atoms with Gasteiger partial charge in [-0.1, -0.05) is 19.8 Å². The number of nitrogens with one attached hydrogen (secondary N) is 2. The molecule has 1 saturated carbocycles. The molecule has 20 heavy (non-hydrogen) atoms. The normalized spacial score (nSPS) is 32.5. The Bertz CT molecular complexity index is 320. The molecule has 0 radical (unpaired) electrons. The summed E-state index contributed by atoms with van der Waals surface area (Å²) in [6.07, 6.45) is 6.36. The van der Waals surface area contributed by atoms with Gasteiger partial charge < -0.3 is 5.32 Å². The van der Waals surface area contributed by atoms with E-state index < -0.39 is 12.0 Å². The zero-order chi connectivity index (χ0) is 13.9. The molecule has 0 aromatic rings. The third kappa shape index (κ3) is 4.85. The maximum Gasteiger partial charge on any atom is 0.262 e. The molecule has 1 heterocycles. The van der Waals surface area contributed by atoms with Crippen molar-refractivity contribution in [3.05, 3.63) is 0 Å². The summed E-state index contributed by atoms with van der Waals surface area (Å²) in [4.78, 5) is 11.9. The molecule has 2 rings (SSSR count). The third-order valence-corrected chi connectivity index (χ3v) is 4.32. The van der Waals surface area contributed by atoms with Crippen molar-refractivity contribution in [3.63, 3.8) is 0 Å². The first-order valence-corrected chi connectivity index (χ1v) is 7.42. The molecule has 0 spiro atoms. The van der Waals surface area contributed by atoms with E-state index in [-0.39, 0.29) is 37.3 Å². The van der Waals surface area contributed by atoms with Gasteiger partial charge in [-0.3, -0.25) is 10.1 Å². The van der Waals surface area contributed by atoms with Gasteiger partial charge in [-0.25, -0.2) is 8.78 Å². The van der Waals surface area contributed by atoms with Crippen molar-refractivity contribution in [2.45, 2.75) is 69.9 Å². The molecular formula is C14H25ClF2N2O. The van der Waals surface area contributed by atoms with Crippen LogP contribution in [0.3, 0.4) is 0 Å². The second-order valence-electron chi connectivity index (χ2n) is 6.01. The van der Waals surface area contributed by atoms with Crippen LogP contribution in [0.2, 0.25) is 0 Å². The smallest absolute Gasteiger partial charge is 0.262 e. The second kappa shape index (κ2) is 7.55. The molecule has 2 fully saturated rings. The van der Waals surface area contributed by atoms with Crippen LogP contribution in [0.1, 0.15) is 51.9 Å². The van der Waals surface area contributed by atoms with Crippen LogP contribution in [-0.4, -0.2) is 30.5 Å². The first kappa shape index (κ1) is 17.6. The summed E-state index contributed by atoms with van der Waals surface area (Å²) in [5, 5.41) is 5.53. The third-order valence-electron chi connectivity index (χ3n) is 4.32. The van der Waals surface area contributed by atoms with E-state index in [1.54, 1.807) is 0 Å². The molecular weight excluding hydrogens is 286 g/mol. The molecule has 1 atom stereocenters. The largest absolute Gasteiger partial charge is 0.352 e. The van der Waals surface area contributed by atoms with Crippen molar-refractivity contribution < 1.29 is 13.6 Å². The van der Waals surface area contributed by atoms with Gasteiger partial charge in [-0.15, -0.1) is 12.4 Å². The molecule has 1 amide bonds. The zero-order valence-corrected chi connectivity index (χ0v) is 12.8. The Morgan fingerprint density at radius 3 is 2.45 bits per heavy atom. The summed E-state index contributed by atoms with van der Waals surface area (Å²) in [5.41, 5.74) is 0. The Hall–Kier alpha value is -0.420. The molecule has 1 aliphatic heterocycles. The number of hydrogen-bond acceptors (Lipinski definition) is 2. The van der Waals surface area contributed by atoms with Gasteiger partial charge >= 0.3 is 0 Å². The monoisotopic (exact) mass is 310 g/mol. The van der Waals surface area contributed by atoms with E-state index in [2.05, 4.69) is 17.6 Å². The van der Waals surface area contributed by atoms with E-state index in [1.165, 1.54) is 12.8 Å². The Labute approximate surface area is 125 Å². The molecule has 6 heteroatoms. The molecule has 118 valence electrons. The van der Waals surface area contributed by atoms with Gasteiger partial charge in [0.2, 0.25) is 5.91 Å². The maximum absolute atomic E-state index is 13.0. The predicted octanol–water partition coefficient (Wildman–Crippen LogP) is 2.88. The fourth-order valence-corrected chi connectivity index (χ4v) is 3.21. The molecule has 1 aliphatic carbocycles. The molecule has 1 unspecified atom stereocenters. The van der Waals surface area contributed by atoms with Crippen LogP contribution in [0.5, 0.6) is 0 Å². The summed E-state index contributed by atoms with van der Waals surface area (Å²) < 4.78 is 26.1. The Balaban J connectivity index is 0.00000200. The molecule has 2 aliphatic rings. The van der Waals surface area contributed by atoms with Gasteiger partial charge in [-0.05, 0) is 31.6 Å². The van der Waals surface area contributed by atoms with E-state index in [1.807, 2.05) is 0 Å². The van der Waals surface area contributed by atoms with Crippen LogP contribution in [0.25, 0.3) is 0 Å². The standard InChI is InChI=1S/C14H24F2N2O.ClH/c1-2-3-10-4-6-11(7-5-10)18-13(19)12-8-14(15,16)9-17-12;/h10-12,17H,2-9H2,1H3,(H,18,19);1H. The zero-order valence-electron chi connectivity index (χ0n) is 12.0. The SMILES string of the molecule is CCCC1CCC(NC(=O)C2CC(F)(F)CN2)CC1.Cl. The van der Waals surface area contributed by atoms with Gasteiger partial charge in [0.15, 0.2) is 0 Å². The minimum atomic E-state index is -2.74. The highest BCUT2D eigenvalue weighted by Crippen LogP contribution is 2.29. The summed E-state index contributed by atoms with van der Waals surface area (Å²) in [5.74, 6) is -2.20. The average molecular weight is 311 g/mol. The molecule has 0 aromatic carbocycles. The van der Waals surface area contributed by atoms with Crippen molar-refractivity contribution in [1.82, 2.24) is 10.6 Å². The van der Waals surface area contributed by atoms with Crippen molar-refractivity contribution in [3.8, 4) is 0 Å². The average Bonchev–Trinajstić information content (AvgIpc) is 2.73. The minimum absolute atomic E-state index is 0. The number of hydrogen-bond donors (Lipinski definition) is 2. The van der Waals surface area contributed by atoms with Crippen LogP contribution in [0, 0.1) is 5.92 Å². The van der Waals surface area contributed by atoms with Crippen molar-refractivity contribution in [1.29, 1.82) is 0 Å². The number of carbonyl (C=O) groups excluding carboxylic acids is 1. The van der Waals surface area contributed by atoms with Gasteiger partial charge in [0, 0.05) is 12.5 Å². The highest BCUT2D eigenvalue weighted by Gasteiger charge is 2.42. The number of halogens is 3. The minimum Gasteiger partial charge on any atom is -0.352 e. The topological polar surface area (TPSA) is 41.1 Å². The lowest BCUT2D eigenvalue weighted by molar-refractivity contribution is -0.124. The van der Waals surface area contributed by atoms with Gasteiger partial charge in [-0.2, -0.15) is 0 Å². The van der Waals surface area contributed by atoms with Crippen LogP contribution in [0.15, 0.2) is 0 Å². The molecule has 1 saturated heterocycles. The van der Waals surface area contributed by atoms with Crippen molar-refractivity contribution in [2.24, 2.45) is 5.92 Å².